The van der Waals surface area contributed by atoms with E-state index in [1.165, 1.54) is 11.1 Å². The smallest absolute Gasteiger partial charge is 0.0991 e. The third-order valence-electron chi connectivity index (χ3n) is 3.18. The molecule has 17 heavy (non-hydrogen) atoms. The average molecular weight is 230 g/mol. The summed E-state index contributed by atoms with van der Waals surface area (Å²) in [6.45, 7) is 6.84. The zero-order valence-corrected chi connectivity index (χ0v) is 10.3. The van der Waals surface area contributed by atoms with Gasteiger partial charge in [0.2, 0.25) is 0 Å². The molecule has 2 rings (SSSR count). The number of benzene rings is 1. The van der Waals surface area contributed by atoms with E-state index >= 15 is 0 Å². The fourth-order valence-corrected chi connectivity index (χ4v) is 2.14. The quantitative estimate of drug-likeness (QED) is 0.780. The molecule has 0 saturated carbocycles. The molecule has 0 spiro atoms. The van der Waals surface area contributed by atoms with Crippen LogP contribution in [0.5, 0.6) is 0 Å². The van der Waals surface area contributed by atoms with E-state index in [2.05, 4.69) is 24.0 Å². The van der Waals surface area contributed by atoms with Crippen LogP contribution in [0.3, 0.4) is 0 Å². The summed E-state index contributed by atoms with van der Waals surface area (Å²) < 4.78 is 5.44. The Morgan fingerprint density at radius 1 is 1.35 bits per heavy atom. The monoisotopic (exact) mass is 230 g/mol. The van der Waals surface area contributed by atoms with E-state index in [0.717, 1.165) is 44.8 Å². The Bertz CT molecular complexity index is 415. The number of rotatable bonds is 2. The van der Waals surface area contributed by atoms with Crippen molar-refractivity contribution in [3.63, 3.8) is 0 Å². The maximum Gasteiger partial charge on any atom is 0.0991 e. The highest BCUT2D eigenvalue weighted by Gasteiger charge is 2.10. The minimum absolute atomic E-state index is 0.741. The first-order valence-electron chi connectivity index (χ1n) is 6.09. The standard InChI is InChI=1S/C14H18N2O/c1-12-9-13(10-15)3-4-14(12)11-16-5-2-7-17-8-6-16/h3-4,9H,2,5-8,11H2,1H3. The van der Waals surface area contributed by atoms with Crippen LogP contribution >= 0.6 is 0 Å². The Morgan fingerprint density at radius 3 is 3.00 bits per heavy atom. The summed E-state index contributed by atoms with van der Waals surface area (Å²) in [6.07, 6.45) is 1.11. The van der Waals surface area contributed by atoms with E-state index in [4.69, 9.17) is 10.00 Å². The van der Waals surface area contributed by atoms with Gasteiger partial charge in [-0.05, 0) is 36.6 Å². The van der Waals surface area contributed by atoms with E-state index in [-0.39, 0.29) is 0 Å². The van der Waals surface area contributed by atoms with Crippen LogP contribution in [0.25, 0.3) is 0 Å². The van der Waals surface area contributed by atoms with Crippen LogP contribution in [0.1, 0.15) is 23.1 Å². The molecule has 90 valence electrons. The van der Waals surface area contributed by atoms with Gasteiger partial charge < -0.3 is 4.74 Å². The summed E-state index contributed by atoms with van der Waals surface area (Å²) >= 11 is 0. The predicted molar refractivity (Wildman–Crippen MR) is 66.6 cm³/mol. The molecule has 1 aromatic carbocycles. The highest BCUT2D eigenvalue weighted by Crippen LogP contribution is 2.14. The lowest BCUT2D eigenvalue weighted by Gasteiger charge is -2.20. The molecule has 1 aliphatic rings. The number of nitrogens with zero attached hydrogens (tertiary/aromatic N) is 2. The molecule has 0 unspecified atom stereocenters. The molecule has 1 aromatic rings. The average Bonchev–Trinajstić information content (AvgIpc) is 2.60. The van der Waals surface area contributed by atoms with Gasteiger partial charge in [-0.15, -0.1) is 0 Å². The van der Waals surface area contributed by atoms with Crippen LogP contribution in [0.15, 0.2) is 18.2 Å². The topological polar surface area (TPSA) is 36.3 Å². The lowest BCUT2D eigenvalue weighted by Crippen LogP contribution is -2.26. The summed E-state index contributed by atoms with van der Waals surface area (Å²) in [5, 5.41) is 8.83. The normalized spacial score (nSPS) is 17.4. The van der Waals surface area contributed by atoms with Crippen LogP contribution in [0, 0.1) is 18.3 Å². The number of hydrogen-bond acceptors (Lipinski definition) is 3. The van der Waals surface area contributed by atoms with Crippen molar-refractivity contribution in [2.24, 2.45) is 0 Å². The molecule has 1 heterocycles. The molecule has 0 aliphatic carbocycles. The van der Waals surface area contributed by atoms with Crippen LogP contribution in [-0.4, -0.2) is 31.2 Å². The maximum atomic E-state index is 8.83. The second-order valence-electron chi connectivity index (χ2n) is 4.50. The molecule has 0 radical (unpaired) electrons. The minimum Gasteiger partial charge on any atom is -0.380 e. The Morgan fingerprint density at radius 2 is 2.24 bits per heavy atom. The van der Waals surface area contributed by atoms with Crippen LogP contribution in [0.2, 0.25) is 0 Å². The minimum atomic E-state index is 0.741. The molecule has 0 bridgehead atoms. The summed E-state index contributed by atoms with van der Waals surface area (Å²) in [6, 6.07) is 8.11. The second-order valence-corrected chi connectivity index (χ2v) is 4.50. The number of ether oxygens (including phenoxy) is 1. The fraction of sp³-hybridized carbons (Fsp3) is 0.500. The van der Waals surface area contributed by atoms with Gasteiger partial charge in [0.15, 0.2) is 0 Å². The van der Waals surface area contributed by atoms with Gasteiger partial charge in [0, 0.05) is 26.2 Å². The number of nitriles is 1. The van der Waals surface area contributed by atoms with Crippen molar-refractivity contribution < 1.29 is 4.74 Å². The SMILES string of the molecule is Cc1cc(C#N)ccc1CN1CCCOCC1. The number of hydrogen-bond donors (Lipinski definition) is 0. The van der Waals surface area contributed by atoms with E-state index in [9.17, 15) is 0 Å². The molecular formula is C14H18N2O. The van der Waals surface area contributed by atoms with Crippen molar-refractivity contribution >= 4 is 0 Å². The van der Waals surface area contributed by atoms with Gasteiger partial charge in [0.1, 0.15) is 0 Å². The molecule has 0 aromatic heterocycles. The third kappa shape index (κ3) is 3.29. The lowest BCUT2D eigenvalue weighted by molar-refractivity contribution is 0.140. The molecule has 1 fully saturated rings. The Balaban J connectivity index is 2.05. The van der Waals surface area contributed by atoms with Gasteiger partial charge in [0.25, 0.3) is 0 Å². The summed E-state index contributed by atoms with van der Waals surface area (Å²) in [5.74, 6) is 0. The van der Waals surface area contributed by atoms with Crippen molar-refractivity contribution in [1.29, 1.82) is 5.26 Å². The molecular weight excluding hydrogens is 212 g/mol. The van der Waals surface area contributed by atoms with Crippen LogP contribution in [-0.2, 0) is 11.3 Å². The Labute approximate surface area is 103 Å². The third-order valence-corrected chi connectivity index (χ3v) is 3.18. The van der Waals surface area contributed by atoms with Crippen molar-refractivity contribution in [3.05, 3.63) is 34.9 Å². The number of aryl methyl sites for hydroxylation is 1. The lowest BCUT2D eigenvalue weighted by atomic mass is 10.1. The van der Waals surface area contributed by atoms with Crippen LogP contribution < -0.4 is 0 Å². The zero-order valence-electron chi connectivity index (χ0n) is 10.3. The summed E-state index contributed by atoms with van der Waals surface area (Å²) in [7, 11) is 0. The van der Waals surface area contributed by atoms with E-state index in [1.807, 2.05) is 12.1 Å². The molecule has 1 aliphatic heterocycles. The largest absolute Gasteiger partial charge is 0.380 e. The molecule has 3 heteroatoms. The van der Waals surface area contributed by atoms with E-state index < -0.39 is 0 Å². The van der Waals surface area contributed by atoms with Gasteiger partial charge in [0.05, 0.1) is 18.2 Å². The van der Waals surface area contributed by atoms with Crippen molar-refractivity contribution in [2.45, 2.75) is 19.9 Å². The van der Waals surface area contributed by atoms with Crippen molar-refractivity contribution in [2.75, 3.05) is 26.3 Å². The summed E-state index contributed by atoms with van der Waals surface area (Å²) in [4.78, 5) is 2.42. The van der Waals surface area contributed by atoms with Gasteiger partial charge in [-0.25, -0.2) is 0 Å². The highest BCUT2D eigenvalue weighted by atomic mass is 16.5. The predicted octanol–water partition coefficient (Wildman–Crippen LogP) is 2.09. The first kappa shape index (κ1) is 12.1. The van der Waals surface area contributed by atoms with E-state index in [0.29, 0.717) is 0 Å². The fourth-order valence-electron chi connectivity index (χ4n) is 2.14. The first-order chi connectivity index (χ1) is 8.29. The molecule has 3 nitrogen and oxygen atoms in total. The van der Waals surface area contributed by atoms with Gasteiger partial charge in [-0.2, -0.15) is 5.26 Å². The Kier molecular flexibility index (Phi) is 4.13. The van der Waals surface area contributed by atoms with Gasteiger partial charge in [-0.1, -0.05) is 6.07 Å². The molecule has 0 atom stereocenters. The molecule has 0 N–H and O–H groups in total. The zero-order chi connectivity index (χ0) is 12.1. The van der Waals surface area contributed by atoms with Gasteiger partial charge >= 0.3 is 0 Å². The van der Waals surface area contributed by atoms with Crippen LogP contribution in [0.4, 0.5) is 0 Å². The molecule has 0 amide bonds. The van der Waals surface area contributed by atoms with Crippen molar-refractivity contribution in [1.82, 2.24) is 4.90 Å². The summed E-state index contributed by atoms with van der Waals surface area (Å²) in [5.41, 5.74) is 3.26. The van der Waals surface area contributed by atoms with Gasteiger partial charge in [-0.3, -0.25) is 4.90 Å². The Hall–Kier alpha value is -1.37. The first-order valence-corrected chi connectivity index (χ1v) is 6.09. The maximum absolute atomic E-state index is 8.83. The second kappa shape index (κ2) is 5.81. The molecule has 1 saturated heterocycles. The van der Waals surface area contributed by atoms with E-state index in [1.54, 1.807) is 0 Å². The van der Waals surface area contributed by atoms with Crippen molar-refractivity contribution in [3.8, 4) is 6.07 Å². The highest BCUT2D eigenvalue weighted by molar-refractivity contribution is 5.37.